The number of aromatic nitrogens is 1. The molecule has 0 amide bonds. The van der Waals surface area contributed by atoms with E-state index in [9.17, 15) is 5.26 Å². The van der Waals surface area contributed by atoms with E-state index < -0.39 is 0 Å². The van der Waals surface area contributed by atoms with Gasteiger partial charge in [0.05, 0.1) is 5.56 Å². The summed E-state index contributed by atoms with van der Waals surface area (Å²) in [7, 11) is 0. The smallest absolute Gasteiger partial charge is 0.132 e. The van der Waals surface area contributed by atoms with Gasteiger partial charge in [0.15, 0.2) is 0 Å². The predicted molar refractivity (Wildman–Crippen MR) is 103 cm³/mol. The summed E-state index contributed by atoms with van der Waals surface area (Å²) >= 11 is 0. The van der Waals surface area contributed by atoms with Crippen molar-refractivity contribution < 1.29 is 0 Å². The molecule has 2 aliphatic rings. The monoisotopic (exact) mass is 347 g/mol. The third kappa shape index (κ3) is 3.44. The van der Waals surface area contributed by atoms with Crippen LogP contribution in [0.5, 0.6) is 0 Å². The first kappa shape index (κ1) is 17.0. The number of piperidine rings is 1. The van der Waals surface area contributed by atoms with Crippen molar-refractivity contribution in [1.82, 2.24) is 9.88 Å². The molecule has 1 aromatic carbocycles. The first-order chi connectivity index (χ1) is 12.7. The number of hydrogen-bond donors (Lipinski definition) is 1. The van der Waals surface area contributed by atoms with Crippen LogP contribution in [-0.2, 0) is 19.5 Å². The van der Waals surface area contributed by atoms with Gasteiger partial charge in [-0.3, -0.25) is 4.90 Å². The molecule has 2 N–H and O–H groups in total. The van der Waals surface area contributed by atoms with E-state index in [0.717, 1.165) is 68.9 Å². The van der Waals surface area contributed by atoms with Crippen molar-refractivity contribution in [2.24, 2.45) is 5.73 Å². The number of nitrogens with zero attached hydrogens (tertiary/aromatic N) is 4. The van der Waals surface area contributed by atoms with Crippen molar-refractivity contribution >= 4 is 5.82 Å². The lowest BCUT2D eigenvalue weighted by Crippen LogP contribution is -2.41. The highest BCUT2D eigenvalue weighted by molar-refractivity contribution is 5.57. The minimum atomic E-state index is 0.307. The fraction of sp³-hybridized carbons (Fsp3) is 0.429. The predicted octanol–water partition coefficient (Wildman–Crippen LogP) is 2.44. The first-order valence-corrected chi connectivity index (χ1v) is 9.42. The Balaban J connectivity index is 1.59. The normalized spacial score (nSPS) is 18.4. The van der Waals surface area contributed by atoms with Gasteiger partial charge in [-0.05, 0) is 30.4 Å². The highest BCUT2D eigenvalue weighted by Crippen LogP contribution is 2.31. The summed E-state index contributed by atoms with van der Waals surface area (Å²) in [6.45, 7) is 4.65. The van der Waals surface area contributed by atoms with E-state index in [1.165, 1.54) is 11.1 Å². The van der Waals surface area contributed by atoms with Gasteiger partial charge < -0.3 is 10.6 Å². The third-order valence-corrected chi connectivity index (χ3v) is 5.54. The molecule has 0 aliphatic carbocycles. The average Bonchev–Trinajstić information content (AvgIpc) is 2.68. The highest BCUT2D eigenvalue weighted by atomic mass is 15.2. The number of nitriles is 1. The van der Waals surface area contributed by atoms with Gasteiger partial charge >= 0.3 is 0 Å². The Hall–Kier alpha value is -2.42. The molecule has 0 radical (unpaired) electrons. The quantitative estimate of drug-likeness (QED) is 0.923. The van der Waals surface area contributed by atoms with Crippen molar-refractivity contribution in [2.45, 2.75) is 38.4 Å². The molecule has 134 valence electrons. The van der Waals surface area contributed by atoms with Crippen LogP contribution >= 0.6 is 0 Å². The van der Waals surface area contributed by atoms with Crippen LogP contribution in [0.3, 0.4) is 0 Å². The molecular formula is C21H25N5. The number of fused-ring (bicyclic) bond motifs is 1. The molecule has 0 spiro atoms. The number of hydrogen-bond acceptors (Lipinski definition) is 5. The highest BCUT2D eigenvalue weighted by Gasteiger charge is 2.26. The Morgan fingerprint density at radius 3 is 2.62 bits per heavy atom. The largest absolute Gasteiger partial charge is 0.356 e. The summed E-state index contributed by atoms with van der Waals surface area (Å²) < 4.78 is 0. The second-order valence-electron chi connectivity index (χ2n) is 7.34. The molecule has 4 rings (SSSR count). The molecule has 0 saturated carbocycles. The zero-order valence-electron chi connectivity index (χ0n) is 15.1. The lowest BCUT2D eigenvalue weighted by molar-refractivity contribution is 0.245. The number of benzene rings is 1. The molecule has 5 nitrogen and oxygen atoms in total. The van der Waals surface area contributed by atoms with E-state index in [1.807, 2.05) is 6.07 Å². The van der Waals surface area contributed by atoms with Crippen molar-refractivity contribution in [3.63, 3.8) is 0 Å². The summed E-state index contributed by atoms with van der Waals surface area (Å²) in [6.07, 6.45) is 4.73. The minimum Gasteiger partial charge on any atom is -0.356 e. The minimum absolute atomic E-state index is 0.307. The molecule has 0 bridgehead atoms. The van der Waals surface area contributed by atoms with Gasteiger partial charge in [-0.25, -0.2) is 4.98 Å². The Bertz CT molecular complexity index is 803. The van der Waals surface area contributed by atoms with Crippen LogP contribution in [-0.4, -0.2) is 35.6 Å². The maximum Gasteiger partial charge on any atom is 0.132 e. The fourth-order valence-electron chi connectivity index (χ4n) is 4.05. The molecule has 26 heavy (non-hydrogen) atoms. The summed E-state index contributed by atoms with van der Waals surface area (Å²) in [6, 6.07) is 13.2. The molecule has 1 aromatic heterocycles. The van der Waals surface area contributed by atoms with Crippen LogP contribution in [0.25, 0.3) is 0 Å². The van der Waals surface area contributed by atoms with E-state index in [4.69, 9.17) is 5.73 Å². The summed E-state index contributed by atoms with van der Waals surface area (Å²) in [5, 5.41) is 9.57. The van der Waals surface area contributed by atoms with Gasteiger partial charge in [0, 0.05) is 50.5 Å². The summed E-state index contributed by atoms with van der Waals surface area (Å²) in [5.74, 6) is 1.07. The van der Waals surface area contributed by atoms with Crippen LogP contribution in [0.1, 0.15) is 35.1 Å². The van der Waals surface area contributed by atoms with Crippen LogP contribution < -0.4 is 10.6 Å². The third-order valence-electron chi connectivity index (χ3n) is 5.54. The van der Waals surface area contributed by atoms with Crippen molar-refractivity contribution in [2.75, 3.05) is 24.5 Å². The summed E-state index contributed by atoms with van der Waals surface area (Å²) in [5.41, 5.74) is 10.5. The second kappa shape index (κ2) is 7.45. The number of pyridine rings is 1. The van der Waals surface area contributed by atoms with Gasteiger partial charge in [0.25, 0.3) is 0 Å². The average molecular weight is 347 g/mol. The Labute approximate surface area is 155 Å². The van der Waals surface area contributed by atoms with E-state index in [2.05, 4.69) is 45.1 Å². The Kier molecular flexibility index (Phi) is 4.87. The summed E-state index contributed by atoms with van der Waals surface area (Å²) in [4.78, 5) is 9.45. The van der Waals surface area contributed by atoms with Gasteiger partial charge in [0.2, 0.25) is 0 Å². The zero-order valence-corrected chi connectivity index (χ0v) is 15.1. The second-order valence-corrected chi connectivity index (χ2v) is 7.34. The van der Waals surface area contributed by atoms with E-state index in [-0.39, 0.29) is 0 Å². The maximum absolute atomic E-state index is 9.57. The molecule has 2 aromatic rings. The molecule has 3 heterocycles. The number of anilines is 1. The van der Waals surface area contributed by atoms with Crippen LogP contribution in [0.15, 0.2) is 36.5 Å². The Morgan fingerprint density at radius 1 is 1.12 bits per heavy atom. The zero-order chi connectivity index (χ0) is 17.9. The van der Waals surface area contributed by atoms with Gasteiger partial charge in [-0.1, -0.05) is 30.3 Å². The number of rotatable bonds is 3. The van der Waals surface area contributed by atoms with Crippen LogP contribution in [0, 0.1) is 11.3 Å². The van der Waals surface area contributed by atoms with E-state index in [0.29, 0.717) is 6.04 Å². The molecule has 2 aliphatic heterocycles. The van der Waals surface area contributed by atoms with Crippen molar-refractivity contribution in [1.29, 1.82) is 5.26 Å². The molecule has 1 saturated heterocycles. The van der Waals surface area contributed by atoms with Crippen LogP contribution in [0.2, 0.25) is 0 Å². The maximum atomic E-state index is 9.57. The molecule has 0 unspecified atom stereocenters. The SMILES string of the molecule is N#Cc1cnc(N2CCC(N)CC2)c2c1CN(Cc1ccccc1)CC2. The van der Waals surface area contributed by atoms with Crippen molar-refractivity contribution in [3.8, 4) is 6.07 Å². The van der Waals surface area contributed by atoms with Crippen LogP contribution in [0.4, 0.5) is 5.82 Å². The number of nitrogens with two attached hydrogens (primary N) is 1. The first-order valence-electron chi connectivity index (χ1n) is 9.42. The standard InChI is InChI=1S/C21H25N5/c22-12-17-13-24-21(26-10-6-18(23)7-11-26)19-8-9-25(15-20(17)19)14-16-4-2-1-3-5-16/h1-5,13,18H,6-11,14-15,23H2. The van der Waals surface area contributed by atoms with E-state index in [1.54, 1.807) is 6.20 Å². The van der Waals surface area contributed by atoms with Crippen molar-refractivity contribution in [3.05, 3.63) is 58.8 Å². The van der Waals surface area contributed by atoms with Gasteiger partial charge in [0.1, 0.15) is 11.9 Å². The molecule has 0 atom stereocenters. The van der Waals surface area contributed by atoms with Gasteiger partial charge in [-0.2, -0.15) is 5.26 Å². The molecule has 5 heteroatoms. The lowest BCUT2D eigenvalue weighted by atomic mass is 9.95. The Morgan fingerprint density at radius 2 is 1.88 bits per heavy atom. The fourth-order valence-corrected chi connectivity index (χ4v) is 4.05. The van der Waals surface area contributed by atoms with Gasteiger partial charge in [-0.15, -0.1) is 0 Å². The van der Waals surface area contributed by atoms with E-state index >= 15 is 0 Å². The molecular weight excluding hydrogens is 322 g/mol. The topological polar surface area (TPSA) is 69.2 Å². The molecule has 1 fully saturated rings. The lowest BCUT2D eigenvalue weighted by Gasteiger charge is -2.36.